The second-order valence-electron chi connectivity index (χ2n) is 7.14. The van der Waals surface area contributed by atoms with E-state index in [0.717, 1.165) is 16.9 Å². The van der Waals surface area contributed by atoms with Gasteiger partial charge in [-0.05, 0) is 47.1 Å². The van der Waals surface area contributed by atoms with E-state index >= 15 is 0 Å². The van der Waals surface area contributed by atoms with E-state index in [-0.39, 0.29) is 5.91 Å². The molecule has 0 bridgehead atoms. The van der Waals surface area contributed by atoms with Gasteiger partial charge in [0.1, 0.15) is 12.5 Å². The highest BCUT2D eigenvalue weighted by Crippen LogP contribution is 2.61. The number of anilines is 1. The van der Waals surface area contributed by atoms with E-state index in [1.807, 2.05) is 24.3 Å². The van der Waals surface area contributed by atoms with Gasteiger partial charge in [-0.25, -0.2) is 0 Å². The standard InChI is InChI=1S/C19H22N2O3S/c1-25(23)15-8-6-14(7-9-15)19(12-16(19)13-4-2-3-5-13)18(22)20-17-10-11-24-21-17/h6-11,13,16H,2-5,12H2,1H3,(H,20,21,22)/t16-,19-,25?/m0/s1. The number of nitrogens with one attached hydrogen (secondary N) is 1. The Morgan fingerprint density at radius 3 is 2.60 bits per heavy atom. The Hall–Kier alpha value is -1.79. The number of aromatic nitrogens is 1. The fraction of sp³-hybridized carbons (Fsp3) is 0.474. The Morgan fingerprint density at radius 1 is 1.28 bits per heavy atom. The zero-order chi connectivity index (χ0) is 17.4. The number of amides is 1. The maximum absolute atomic E-state index is 13.1. The van der Waals surface area contributed by atoms with E-state index in [1.54, 1.807) is 12.3 Å². The van der Waals surface area contributed by atoms with E-state index < -0.39 is 16.6 Å². The monoisotopic (exact) mass is 358 g/mol. The number of carbonyl (C=O) groups is 1. The van der Waals surface area contributed by atoms with Crippen LogP contribution in [0.1, 0.15) is 37.7 Å². The smallest absolute Gasteiger partial charge is 0.236 e. The lowest BCUT2D eigenvalue weighted by Crippen LogP contribution is -2.31. The summed E-state index contributed by atoms with van der Waals surface area (Å²) in [6.45, 7) is 0. The van der Waals surface area contributed by atoms with Gasteiger partial charge in [0.15, 0.2) is 10.7 Å². The van der Waals surface area contributed by atoms with E-state index in [9.17, 15) is 9.35 Å². The lowest BCUT2D eigenvalue weighted by atomic mass is 9.86. The molecule has 6 heteroatoms. The third-order valence-electron chi connectivity index (χ3n) is 5.77. The van der Waals surface area contributed by atoms with Crippen molar-refractivity contribution in [1.82, 2.24) is 5.16 Å². The minimum atomic E-state index is -1.01. The van der Waals surface area contributed by atoms with Crippen molar-refractivity contribution in [3.05, 3.63) is 42.2 Å². The Balaban J connectivity index is 1.63. The summed E-state index contributed by atoms with van der Waals surface area (Å²) in [6.07, 6.45) is 8.93. The Kier molecular flexibility index (Phi) is 4.33. The van der Waals surface area contributed by atoms with Crippen LogP contribution in [0.25, 0.3) is 0 Å². The van der Waals surface area contributed by atoms with Gasteiger partial charge in [0, 0.05) is 6.07 Å². The predicted molar refractivity (Wildman–Crippen MR) is 95.7 cm³/mol. The molecule has 2 aromatic rings. The number of nitrogens with zero attached hydrogens (tertiary/aromatic N) is 1. The van der Waals surface area contributed by atoms with Gasteiger partial charge < -0.3 is 14.4 Å². The molecule has 2 fully saturated rings. The van der Waals surface area contributed by atoms with Crippen LogP contribution in [-0.2, 0) is 21.4 Å². The molecule has 2 aliphatic carbocycles. The van der Waals surface area contributed by atoms with Crippen molar-refractivity contribution in [3.8, 4) is 0 Å². The van der Waals surface area contributed by atoms with Gasteiger partial charge in [0.2, 0.25) is 5.91 Å². The zero-order valence-electron chi connectivity index (χ0n) is 14.2. The quantitative estimate of drug-likeness (QED) is 0.830. The molecule has 3 atom stereocenters. The van der Waals surface area contributed by atoms with Crippen LogP contribution in [0.15, 0.2) is 46.0 Å². The van der Waals surface area contributed by atoms with Crippen molar-refractivity contribution in [1.29, 1.82) is 0 Å². The molecule has 4 rings (SSSR count). The van der Waals surface area contributed by atoms with Crippen LogP contribution in [-0.4, -0.2) is 21.9 Å². The Labute approximate surface area is 150 Å². The average molecular weight is 358 g/mol. The third-order valence-corrected chi connectivity index (χ3v) is 6.71. The molecule has 132 valence electrons. The molecular formula is C19H22N2O3S. The Morgan fingerprint density at radius 2 is 2.00 bits per heavy atom. The van der Waals surface area contributed by atoms with Crippen molar-refractivity contribution in [2.45, 2.75) is 42.4 Å². The molecule has 1 N–H and O–H groups in total. The van der Waals surface area contributed by atoms with Crippen LogP contribution >= 0.6 is 0 Å². The molecule has 0 radical (unpaired) electrons. The Bertz CT molecular complexity index is 739. The van der Waals surface area contributed by atoms with Crippen LogP contribution < -0.4 is 5.32 Å². The van der Waals surface area contributed by atoms with Gasteiger partial charge in [0.25, 0.3) is 0 Å². The number of rotatable bonds is 5. The van der Waals surface area contributed by atoms with Crippen LogP contribution in [0.3, 0.4) is 0 Å². The summed E-state index contributed by atoms with van der Waals surface area (Å²) in [5.74, 6) is 1.43. The van der Waals surface area contributed by atoms with Crippen molar-refractivity contribution < 1.29 is 13.9 Å². The first kappa shape index (κ1) is 16.7. The largest absolute Gasteiger partial charge is 0.612 e. The number of benzene rings is 1. The molecule has 0 aliphatic heterocycles. The first-order chi connectivity index (χ1) is 12.1. The molecule has 1 aromatic heterocycles. The molecule has 1 heterocycles. The number of hydrogen-bond donors (Lipinski definition) is 1. The van der Waals surface area contributed by atoms with Crippen molar-refractivity contribution in [2.75, 3.05) is 11.6 Å². The highest BCUT2D eigenvalue weighted by atomic mass is 32.2. The molecule has 1 unspecified atom stereocenters. The first-order valence-electron chi connectivity index (χ1n) is 8.77. The molecule has 0 spiro atoms. The van der Waals surface area contributed by atoms with Crippen LogP contribution in [0.4, 0.5) is 5.82 Å². The van der Waals surface area contributed by atoms with Gasteiger partial charge in [-0.1, -0.05) is 43.0 Å². The van der Waals surface area contributed by atoms with Gasteiger partial charge in [0.05, 0.1) is 5.41 Å². The summed E-state index contributed by atoms with van der Waals surface area (Å²) < 4.78 is 16.5. The molecule has 0 saturated heterocycles. The van der Waals surface area contributed by atoms with Crippen molar-refractivity contribution in [2.24, 2.45) is 11.8 Å². The van der Waals surface area contributed by atoms with Crippen LogP contribution in [0.5, 0.6) is 0 Å². The predicted octanol–water partition coefficient (Wildman–Crippen LogP) is 3.50. The maximum Gasteiger partial charge on any atom is 0.236 e. The minimum absolute atomic E-state index is 0.0105. The van der Waals surface area contributed by atoms with Crippen LogP contribution in [0.2, 0.25) is 0 Å². The van der Waals surface area contributed by atoms with E-state index in [4.69, 9.17) is 4.52 Å². The fourth-order valence-corrected chi connectivity index (χ4v) is 4.91. The molecule has 2 aliphatic rings. The SMILES string of the molecule is C[S+]([O-])c1ccc([C@@]2(C(=O)Nc3ccon3)C[C@H]2C2CCCC2)cc1. The molecule has 1 aromatic carbocycles. The topological polar surface area (TPSA) is 78.2 Å². The summed E-state index contributed by atoms with van der Waals surface area (Å²) in [7, 11) is 0. The molecule has 2 saturated carbocycles. The highest BCUT2D eigenvalue weighted by molar-refractivity contribution is 7.90. The minimum Gasteiger partial charge on any atom is -0.612 e. The third kappa shape index (κ3) is 2.98. The van der Waals surface area contributed by atoms with Crippen molar-refractivity contribution >= 4 is 22.9 Å². The average Bonchev–Trinajstić information content (AvgIpc) is 2.97. The first-order valence-corrected chi connectivity index (χ1v) is 10.3. The summed E-state index contributed by atoms with van der Waals surface area (Å²) in [6, 6.07) is 9.34. The van der Waals surface area contributed by atoms with Gasteiger partial charge in [-0.3, -0.25) is 4.79 Å². The summed E-state index contributed by atoms with van der Waals surface area (Å²) >= 11 is -1.01. The highest BCUT2D eigenvalue weighted by Gasteiger charge is 2.63. The molecule has 25 heavy (non-hydrogen) atoms. The fourth-order valence-electron chi connectivity index (χ4n) is 4.39. The van der Waals surface area contributed by atoms with E-state index in [1.165, 1.54) is 31.9 Å². The van der Waals surface area contributed by atoms with Gasteiger partial charge in [-0.2, -0.15) is 0 Å². The van der Waals surface area contributed by atoms with E-state index in [0.29, 0.717) is 17.7 Å². The lowest BCUT2D eigenvalue weighted by molar-refractivity contribution is -0.119. The molecular weight excluding hydrogens is 336 g/mol. The van der Waals surface area contributed by atoms with Crippen LogP contribution in [0, 0.1) is 11.8 Å². The molecule has 5 nitrogen and oxygen atoms in total. The summed E-state index contributed by atoms with van der Waals surface area (Å²) in [5, 5.41) is 6.71. The molecule has 1 amide bonds. The number of carbonyl (C=O) groups excluding carboxylic acids is 1. The van der Waals surface area contributed by atoms with Gasteiger partial charge >= 0.3 is 0 Å². The summed E-state index contributed by atoms with van der Waals surface area (Å²) in [5.41, 5.74) is 0.515. The van der Waals surface area contributed by atoms with Gasteiger partial charge in [-0.15, -0.1) is 0 Å². The second kappa shape index (κ2) is 6.50. The van der Waals surface area contributed by atoms with Crippen molar-refractivity contribution in [3.63, 3.8) is 0 Å². The zero-order valence-corrected chi connectivity index (χ0v) is 15.1. The van der Waals surface area contributed by atoms with E-state index in [2.05, 4.69) is 10.5 Å². The number of hydrogen-bond acceptors (Lipinski definition) is 4. The normalized spacial score (nSPS) is 27.2. The lowest BCUT2D eigenvalue weighted by Gasteiger charge is -2.20. The summed E-state index contributed by atoms with van der Waals surface area (Å²) in [4.78, 5) is 13.9. The second-order valence-corrected chi connectivity index (χ2v) is 8.52. The maximum atomic E-state index is 13.1.